The van der Waals surface area contributed by atoms with Gasteiger partial charge in [0.2, 0.25) is 5.16 Å². The number of tetrazole rings is 1. The molecule has 8 heteroatoms. The van der Waals surface area contributed by atoms with Gasteiger partial charge in [0, 0.05) is 31.0 Å². The van der Waals surface area contributed by atoms with E-state index in [9.17, 15) is 4.79 Å². The molecule has 0 radical (unpaired) electrons. The van der Waals surface area contributed by atoms with Crippen LogP contribution in [-0.4, -0.2) is 46.5 Å². The average molecular weight is 354 g/mol. The maximum atomic E-state index is 12.5. The molecule has 1 N–H and O–H groups in total. The summed E-state index contributed by atoms with van der Waals surface area (Å²) in [5.41, 5.74) is 3.04. The Kier molecular flexibility index (Phi) is 4.99. The summed E-state index contributed by atoms with van der Waals surface area (Å²) >= 11 is 1.45. The van der Waals surface area contributed by atoms with Crippen LogP contribution in [0.3, 0.4) is 0 Å². The quantitative estimate of drug-likeness (QED) is 0.710. The molecule has 0 fully saturated rings. The van der Waals surface area contributed by atoms with Crippen molar-refractivity contribution < 1.29 is 4.79 Å². The van der Waals surface area contributed by atoms with Gasteiger partial charge < -0.3 is 10.2 Å². The molecular formula is C17H18N6OS. The second-order valence-corrected chi connectivity index (χ2v) is 6.30. The molecule has 0 aliphatic rings. The molecule has 128 valence electrons. The predicted octanol–water partition coefficient (Wildman–Crippen LogP) is 2.70. The lowest BCUT2D eigenvalue weighted by atomic mass is 10.1. The number of amides is 1. The Hall–Kier alpha value is -2.87. The number of nitrogens with zero attached hydrogens (tertiary/aromatic N) is 5. The van der Waals surface area contributed by atoms with Crippen LogP contribution < -0.4 is 10.2 Å². The van der Waals surface area contributed by atoms with Gasteiger partial charge in [0.1, 0.15) is 0 Å². The van der Waals surface area contributed by atoms with Crippen LogP contribution in [-0.2, 0) is 0 Å². The number of rotatable bonds is 5. The van der Waals surface area contributed by atoms with Crippen molar-refractivity contribution in [2.24, 2.45) is 0 Å². The van der Waals surface area contributed by atoms with E-state index >= 15 is 0 Å². The fourth-order valence-electron chi connectivity index (χ4n) is 2.31. The zero-order valence-corrected chi connectivity index (χ0v) is 15.0. The van der Waals surface area contributed by atoms with Crippen LogP contribution >= 0.6 is 11.8 Å². The lowest BCUT2D eigenvalue weighted by Gasteiger charge is -2.13. The summed E-state index contributed by atoms with van der Waals surface area (Å²) in [6, 6.07) is 14.9. The van der Waals surface area contributed by atoms with E-state index in [1.165, 1.54) is 11.8 Å². The second kappa shape index (κ2) is 7.35. The molecule has 0 aliphatic carbocycles. The molecule has 1 heterocycles. The first-order chi connectivity index (χ1) is 12.1. The first-order valence-electron chi connectivity index (χ1n) is 7.60. The van der Waals surface area contributed by atoms with Crippen LogP contribution in [0.5, 0.6) is 0 Å². The number of thioether (sulfide) groups is 1. The maximum Gasteiger partial charge on any atom is 0.255 e. The van der Waals surface area contributed by atoms with E-state index in [1.54, 1.807) is 10.7 Å². The van der Waals surface area contributed by atoms with Crippen molar-refractivity contribution in [3.63, 3.8) is 0 Å². The number of carbonyl (C=O) groups is 1. The highest BCUT2D eigenvalue weighted by Crippen LogP contribution is 2.20. The molecule has 0 atom stereocenters. The van der Waals surface area contributed by atoms with Crippen LogP contribution in [0, 0.1) is 0 Å². The van der Waals surface area contributed by atoms with Gasteiger partial charge in [-0.3, -0.25) is 4.79 Å². The van der Waals surface area contributed by atoms with Crippen LogP contribution in [0.25, 0.3) is 5.69 Å². The molecule has 0 saturated carbocycles. The first-order valence-corrected chi connectivity index (χ1v) is 8.82. The Morgan fingerprint density at radius 2 is 1.96 bits per heavy atom. The van der Waals surface area contributed by atoms with Crippen molar-refractivity contribution in [3.05, 3.63) is 54.1 Å². The molecule has 0 bridgehead atoms. The predicted molar refractivity (Wildman–Crippen MR) is 99.7 cm³/mol. The van der Waals surface area contributed by atoms with Gasteiger partial charge >= 0.3 is 0 Å². The monoisotopic (exact) mass is 354 g/mol. The minimum absolute atomic E-state index is 0.164. The van der Waals surface area contributed by atoms with Crippen LogP contribution in [0.4, 0.5) is 11.4 Å². The molecule has 0 saturated heterocycles. The lowest BCUT2D eigenvalue weighted by molar-refractivity contribution is 0.102. The van der Waals surface area contributed by atoms with Gasteiger partial charge in [0.25, 0.3) is 5.91 Å². The number of anilines is 2. The molecule has 25 heavy (non-hydrogen) atoms. The maximum absolute atomic E-state index is 12.5. The summed E-state index contributed by atoms with van der Waals surface area (Å²) < 4.78 is 1.63. The SMILES string of the molecule is CSc1nnnn1-c1cccc(NC(=O)c2cccc(N(C)C)c2)c1. The summed E-state index contributed by atoms with van der Waals surface area (Å²) in [5, 5.41) is 15.2. The third-order valence-electron chi connectivity index (χ3n) is 3.60. The molecule has 3 aromatic rings. The number of carbonyl (C=O) groups excluding carboxylic acids is 1. The topological polar surface area (TPSA) is 75.9 Å². The van der Waals surface area contributed by atoms with Crippen molar-refractivity contribution in [1.82, 2.24) is 20.2 Å². The van der Waals surface area contributed by atoms with Crippen molar-refractivity contribution in [2.45, 2.75) is 5.16 Å². The zero-order valence-electron chi connectivity index (χ0n) is 14.2. The molecule has 7 nitrogen and oxygen atoms in total. The number of hydrogen-bond donors (Lipinski definition) is 1. The molecule has 2 aromatic carbocycles. The van der Waals surface area contributed by atoms with Gasteiger partial charge in [0.05, 0.1) is 5.69 Å². The van der Waals surface area contributed by atoms with E-state index in [1.807, 2.05) is 67.7 Å². The highest BCUT2D eigenvalue weighted by atomic mass is 32.2. The van der Waals surface area contributed by atoms with E-state index in [4.69, 9.17) is 0 Å². The van der Waals surface area contributed by atoms with Gasteiger partial charge in [-0.2, -0.15) is 4.68 Å². The number of hydrogen-bond acceptors (Lipinski definition) is 6. The molecule has 3 rings (SSSR count). The Morgan fingerprint density at radius 1 is 1.16 bits per heavy atom. The summed E-state index contributed by atoms with van der Waals surface area (Å²) in [5.74, 6) is -0.164. The van der Waals surface area contributed by atoms with E-state index in [0.29, 0.717) is 16.4 Å². The van der Waals surface area contributed by atoms with Gasteiger partial charge in [-0.05, 0) is 53.1 Å². The van der Waals surface area contributed by atoms with Crippen molar-refractivity contribution in [3.8, 4) is 5.69 Å². The molecule has 1 aromatic heterocycles. The zero-order chi connectivity index (χ0) is 17.8. The fraction of sp³-hybridized carbons (Fsp3) is 0.176. The number of nitrogens with one attached hydrogen (secondary N) is 1. The van der Waals surface area contributed by atoms with Crippen LogP contribution in [0.15, 0.2) is 53.7 Å². The molecule has 0 unspecified atom stereocenters. The fourth-order valence-corrected chi connectivity index (χ4v) is 2.75. The van der Waals surface area contributed by atoms with Gasteiger partial charge in [-0.25, -0.2) is 0 Å². The standard InChI is InChI=1S/C17H18N6OS/c1-22(2)14-8-4-6-12(10-14)16(24)18-13-7-5-9-15(11-13)23-17(25-3)19-20-21-23/h4-11H,1-3H3,(H,18,24). The van der Waals surface area contributed by atoms with Crippen molar-refractivity contribution >= 4 is 29.0 Å². The third-order valence-corrected chi connectivity index (χ3v) is 4.22. The largest absolute Gasteiger partial charge is 0.378 e. The van der Waals surface area contributed by atoms with Crippen LogP contribution in [0.1, 0.15) is 10.4 Å². The van der Waals surface area contributed by atoms with E-state index in [0.717, 1.165) is 11.4 Å². The third kappa shape index (κ3) is 3.80. The highest BCUT2D eigenvalue weighted by molar-refractivity contribution is 7.98. The summed E-state index contributed by atoms with van der Waals surface area (Å²) in [6.07, 6.45) is 1.91. The van der Waals surface area contributed by atoms with E-state index < -0.39 is 0 Å². The average Bonchev–Trinajstić information content (AvgIpc) is 3.11. The van der Waals surface area contributed by atoms with Crippen molar-refractivity contribution in [1.29, 1.82) is 0 Å². The Labute approximate surface area is 150 Å². The highest BCUT2D eigenvalue weighted by Gasteiger charge is 2.10. The number of aromatic nitrogens is 4. The van der Waals surface area contributed by atoms with Gasteiger partial charge in [0.15, 0.2) is 0 Å². The minimum atomic E-state index is -0.164. The second-order valence-electron chi connectivity index (χ2n) is 5.53. The normalized spacial score (nSPS) is 10.5. The Balaban J connectivity index is 1.83. The number of benzene rings is 2. The molecule has 0 aliphatic heterocycles. The summed E-state index contributed by atoms with van der Waals surface area (Å²) in [6.45, 7) is 0. The molecule has 0 spiro atoms. The summed E-state index contributed by atoms with van der Waals surface area (Å²) in [4.78, 5) is 14.5. The molecular weight excluding hydrogens is 336 g/mol. The lowest BCUT2D eigenvalue weighted by Crippen LogP contribution is -2.14. The Bertz CT molecular complexity index is 892. The van der Waals surface area contributed by atoms with Gasteiger partial charge in [-0.15, -0.1) is 5.10 Å². The Morgan fingerprint density at radius 3 is 2.72 bits per heavy atom. The van der Waals surface area contributed by atoms with E-state index in [2.05, 4.69) is 20.8 Å². The van der Waals surface area contributed by atoms with Gasteiger partial charge in [-0.1, -0.05) is 23.9 Å². The smallest absolute Gasteiger partial charge is 0.255 e. The van der Waals surface area contributed by atoms with Crippen LogP contribution in [0.2, 0.25) is 0 Å². The summed E-state index contributed by atoms with van der Waals surface area (Å²) in [7, 11) is 3.88. The molecule has 1 amide bonds. The first kappa shape index (κ1) is 17.0. The minimum Gasteiger partial charge on any atom is -0.378 e. The van der Waals surface area contributed by atoms with E-state index in [-0.39, 0.29) is 5.91 Å². The van der Waals surface area contributed by atoms with Crippen molar-refractivity contribution in [2.75, 3.05) is 30.6 Å².